The van der Waals surface area contributed by atoms with E-state index in [1.807, 2.05) is 37.3 Å². The molecule has 7 N–H and O–H groups in total. The van der Waals surface area contributed by atoms with E-state index in [1.54, 1.807) is 19.1 Å². The molecule has 0 aromatic heterocycles. The number of hydrogen-bond acceptors (Lipinski definition) is 7. The maximum absolute atomic E-state index is 13.2. The molecule has 0 spiro atoms. The Labute approximate surface area is 227 Å². The number of phenolic OH excluding ortho intramolecular Hbond substituents is 1. The number of aliphatic carboxylic acids is 1. The molecule has 0 saturated heterocycles. The van der Waals surface area contributed by atoms with E-state index in [4.69, 9.17) is 5.73 Å². The van der Waals surface area contributed by atoms with Crippen LogP contribution in [0.3, 0.4) is 0 Å². The molecule has 5 atom stereocenters. The topological polar surface area (TPSA) is 171 Å². The molecule has 0 aliphatic carbocycles. The number of thiol groups is 1. The van der Waals surface area contributed by atoms with E-state index in [1.165, 1.54) is 12.1 Å². The van der Waals surface area contributed by atoms with Crippen LogP contribution in [0.5, 0.6) is 5.75 Å². The number of carboxylic acid groups (broad SMARTS) is 1. The molecule has 0 heterocycles. The Morgan fingerprint density at radius 1 is 0.842 bits per heavy atom. The van der Waals surface area contributed by atoms with Gasteiger partial charge in [0, 0.05) is 12.2 Å². The second-order valence-corrected chi connectivity index (χ2v) is 9.55. The van der Waals surface area contributed by atoms with Crippen molar-refractivity contribution in [2.24, 2.45) is 11.7 Å². The van der Waals surface area contributed by atoms with Crippen molar-refractivity contribution in [2.75, 3.05) is 5.75 Å². The maximum atomic E-state index is 13.2. The number of phenols is 1. The molecular formula is C27H36N4O6S. The molecule has 10 nitrogen and oxygen atoms in total. The van der Waals surface area contributed by atoms with Crippen LogP contribution in [0.4, 0.5) is 0 Å². The standard InChI is InChI=1S/C27H36N4O6S/c1-3-16(2)23(27(36)37)31-25(34)21(14-18-9-11-19(32)12-10-18)29-26(35)22(15-38)30-24(33)20(28)13-17-7-5-4-6-8-17/h4-12,16,20-23,32,38H,3,13-15,28H2,1-2H3,(H,29,35)(H,30,33)(H,31,34)(H,36,37). The molecule has 0 saturated carbocycles. The van der Waals surface area contributed by atoms with Gasteiger partial charge in [0.25, 0.3) is 0 Å². The van der Waals surface area contributed by atoms with Crippen molar-refractivity contribution in [2.45, 2.75) is 57.3 Å². The van der Waals surface area contributed by atoms with Gasteiger partial charge in [0.2, 0.25) is 17.7 Å². The minimum atomic E-state index is -1.18. The molecule has 3 amide bonds. The van der Waals surface area contributed by atoms with Gasteiger partial charge in [0.15, 0.2) is 0 Å². The molecule has 5 unspecified atom stereocenters. The molecular weight excluding hydrogens is 508 g/mol. The average Bonchev–Trinajstić information content (AvgIpc) is 2.90. The van der Waals surface area contributed by atoms with Gasteiger partial charge in [0.05, 0.1) is 6.04 Å². The lowest BCUT2D eigenvalue weighted by Gasteiger charge is -2.26. The van der Waals surface area contributed by atoms with Gasteiger partial charge in [-0.05, 0) is 35.6 Å². The Balaban J connectivity index is 2.16. The molecule has 38 heavy (non-hydrogen) atoms. The Hall–Kier alpha value is -3.57. The summed E-state index contributed by atoms with van der Waals surface area (Å²) >= 11 is 4.18. The van der Waals surface area contributed by atoms with Gasteiger partial charge in [-0.1, -0.05) is 62.7 Å². The van der Waals surface area contributed by atoms with Crippen LogP contribution < -0.4 is 21.7 Å². The maximum Gasteiger partial charge on any atom is 0.326 e. The summed E-state index contributed by atoms with van der Waals surface area (Å²) in [4.78, 5) is 50.7. The molecule has 0 bridgehead atoms. The molecule has 206 valence electrons. The number of hydrogen-bond donors (Lipinski definition) is 7. The molecule has 0 radical (unpaired) electrons. The number of carbonyl (C=O) groups excluding carboxylic acids is 3. The van der Waals surface area contributed by atoms with Crippen molar-refractivity contribution >= 4 is 36.3 Å². The quantitative estimate of drug-likeness (QED) is 0.174. The minimum absolute atomic E-state index is 0.0193. The number of benzene rings is 2. The average molecular weight is 545 g/mol. The van der Waals surface area contributed by atoms with Crippen LogP contribution in [0.15, 0.2) is 54.6 Å². The first kappa shape index (κ1) is 30.7. The third-order valence-corrected chi connectivity index (χ3v) is 6.60. The van der Waals surface area contributed by atoms with E-state index >= 15 is 0 Å². The zero-order chi connectivity index (χ0) is 28.2. The number of carbonyl (C=O) groups is 4. The summed E-state index contributed by atoms with van der Waals surface area (Å²) in [6.07, 6.45) is 0.806. The lowest BCUT2D eigenvalue weighted by molar-refractivity contribution is -0.143. The van der Waals surface area contributed by atoms with Crippen molar-refractivity contribution in [3.8, 4) is 5.75 Å². The summed E-state index contributed by atoms with van der Waals surface area (Å²) in [6, 6.07) is 10.9. The van der Waals surface area contributed by atoms with Crippen molar-refractivity contribution in [3.05, 3.63) is 65.7 Å². The van der Waals surface area contributed by atoms with Gasteiger partial charge in [-0.25, -0.2) is 4.79 Å². The van der Waals surface area contributed by atoms with Gasteiger partial charge in [-0.3, -0.25) is 14.4 Å². The van der Waals surface area contributed by atoms with Crippen molar-refractivity contribution in [1.82, 2.24) is 16.0 Å². The highest BCUT2D eigenvalue weighted by Gasteiger charge is 2.31. The third kappa shape index (κ3) is 9.38. The number of amides is 3. The third-order valence-electron chi connectivity index (χ3n) is 6.24. The monoisotopic (exact) mass is 544 g/mol. The van der Waals surface area contributed by atoms with Gasteiger partial charge >= 0.3 is 5.97 Å². The van der Waals surface area contributed by atoms with Crippen molar-refractivity contribution < 1.29 is 29.4 Å². The Bertz CT molecular complexity index is 1080. The molecule has 0 fully saturated rings. The zero-order valence-electron chi connectivity index (χ0n) is 21.5. The van der Waals surface area contributed by atoms with Gasteiger partial charge in [-0.15, -0.1) is 0 Å². The highest BCUT2D eigenvalue weighted by molar-refractivity contribution is 7.80. The molecule has 2 aromatic carbocycles. The molecule has 0 aliphatic rings. The van der Waals surface area contributed by atoms with E-state index < -0.39 is 47.9 Å². The summed E-state index contributed by atoms with van der Waals surface area (Å²) in [6.45, 7) is 3.52. The fraction of sp³-hybridized carbons (Fsp3) is 0.407. The highest BCUT2D eigenvalue weighted by Crippen LogP contribution is 2.13. The van der Waals surface area contributed by atoms with Gasteiger partial charge in [0.1, 0.15) is 23.9 Å². The number of nitrogens with two attached hydrogens (primary N) is 1. The Morgan fingerprint density at radius 2 is 1.39 bits per heavy atom. The fourth-order valence-corrected chi connectivity index (χ4v) is 3.98. The van der Waals surface area contributed by atoms with Crippen LogP contribution >= 0.6 is 12.6 Å². The van der Waals surface area contributed by atoms with Gasteiger partial charge in [-0.2, -0.15) is 12.6 Å². The molecule has 2 rings (SSSR count). The van der Waals surface area contributed by atoms with E-state index in [-0.39, 0.29) is 30.3 Å². The van der Waals surface area contributed by atoms with Crippen LogP contribution in [0, 0.1) is 5.92 Å². The first-order chi connectivity index (χ1) is 18.0. The number of nitrogens with one attached hydrogen (secondary N) is 3. The summed E-state index contributed by atoms with van der Waals surface area (Å²) in [5, 5.41) is 26.9. The Kier molecular flexibility index (Phi) is 12.1. The van der Waals surface area contributed by atoms with Crippen LogP contribution in [0.25, 0.3) is 0 Å². The second kappa shape index (κ2) is 15.0. The predicted molar refractivity (Wildman–Crippen MR) is 147 cm³/mol. The normalized spacial score (nSPS) is 14.8. The minimum Gasteiger partial charge on any atom is -0.508 e. The SMILES string of the molecule is CCC(C)C(NC(=O)C(Cc1ccc(O)cc1)NC(=O)C(CS)NC(=O)C(N)Cc1ccccc1)C(=O)O. The van der Waals surface area contributed by atoms with Crippen molar-refractivity contribution in [1.29, 1.82) is 0 Å². The largest absolute Gasteiger partial charge is 0.508 e. The van der Waals surface area contributed by atoms with Crippen LogP contribution in [0.1, 0.15) is 31.4 Å². The smallest absolute Gasteiger partial charge is 0.326 e. The highest BCUT2D eigenvalue weighted by atomic mass is 32.1. The summed E-state index contributed by atoms with van der Waals surface area (Å²) in [7, 11) is 0. The summed E-state index contributed by atoms with van der Waals surface area (Å²) < 4.78 is 0. The Morgan fingerprint density at radius 3 is 1.95 bits per heavy atom. The van der Waals surface area contributed by atoms with Gasteiger partial charge < -0.3 is 31.9 Å². The summed E-state index contributed by atoms with van der Waals surface area (Å²) in [5.74, 6) is -3.48. The fourth-order valence-electron chi connectivity index (χ4n) is 3.72. The number of rotatable bonds is 14. The second-order valence-electron chi connectivity index (χ2n) is 9.18. The van der Waals surface area contributed by atoms with E-state index in [2.05, 4.69) is 28.6 Å². The lowest BCUT2D eigenvalue weighted by atomic mass is 9.98. The molecule has 2 aromatic rings. The predicted octanol–water partition coefficient (Wildman–Crippen LogP) is 1.02. The lowest BCUT2D eigenvalue weighted by Crippen LogP contribution is -2.58. The van der Waals surface area contributed by atoms with E-state index in [0.717, 1.165) is 5.56 Å². The van der Waals surface area contributed by atoms with Crippen LogP contribution in [0.2, 0.25) is 0 Å². The number of aromatic hydroxyl groups is 1. The number of carboxylic acids is 1. The van der Waals surface area contributed by atoms with Crippen molar-refractivity contribution in [3.63, 3.8) is 0 Å². The molecule has 11 heteroatoms. The summed E-state index contributed by atoms with van der Waals surface area (Å²) in [5.41, 5.74) is 7.52. The molecule has 0 aliphatic heterocycles. The zero-order valence-corrected chi connectivity index (χ0v) is 22.4. The first-order valence-corrected chi connectivity index (χ1v) is 13.0. The van der Waals surface area contributed by atoms with Crippen LogP contribution in [-0.4, -0.2) is 63.8 Å². The van der Waals surface area contributed by atoms with E-state index in [9.17, 15) is 29.4 Å². The first-order valence-electron chi connectivity index (χ1n) is 12.4. The van der Waals surface area contributed by atoms with E-state index in [0.29, 0.717) is 12.0 Å². The van der Waals surface area contributed by atoms with Crippen LogP contribution in [-0.2, 0) is 32.0 Å².